The van der Waals surface area contributed by atoms with Gasteiger partial charge in [-0.05, 0) is 18.2 Å². The van der Waals surface area contributed by atoms with E-state index in [9.17, 15) is 0 Å². The topological polar surface area (TPSA) is 28.3 Å². The van der Waals surface area contributed by atoms with Crippen LogP contribution in [0.3, 0.4) is 0 Å². The molecule has 15 heavy (non-hydrogen) atoms. The highest BCUT2D eigenvalue weighted by Gasteiger charge is 2.13. The summed E-state index contributed by atoms with van der Waals surface area (Å²) >= 11 is 0. The molecule has 1 saturated heterocycles. The molecule has 0 radical (unpaired) electrons. The van der Waals surface area contributed by atoms with Gasteiger partial charge in [-0.2, -0.15) is 0 Å². The number of fused-ring (bicyclic) bond motifs is 1. The van der Waals surface area contributed by atoms with Crippen molar-refractivity contribution in [3.8, 4) is 0 Å². The van der Waals surface area contributed by atoms with E-state index in [1.165, 1.54) is 16.6 Å². The number of nitrogens with one attached hydrogen (secondary N) is 1. The molecule has 0 unspecified atom stereocenters. The highest BCUT2D eigenvalue weighted by Crippen LogP contribution is 2.26. The van der Waals surface area contributed by atoms with Gasteiger partial charge in [0.15, 0.2) is 0 Å². The Bertz CT molecular complexity index is 457. The number of H-pyrrole nitrogens is 1. The van der Waals surface area contributed by atoms with Crippen molar-refractivity contribution in [2.24, 2.45) is 0 Å². The third-order valence-corrected chi connectivity index (χ3v) is 2.92. The van der Waals surface area contributed by atoms with E-state index in [0.29, 0.717) is 0 Å². The normalized spacial score (nSPS) is 17.2. The third kappa shape index (κ3) is 1.49. The number of aromatic nitrogens is 1. The average molecular weight is 202 g/mol. The van der Waals surface area contributed by atoms with Gasteiger partial charge in [-0.3, -0.25) is 0 Å². The minimum Gasteiger partial charge on any atom is -0.378 e. The molecule has 2 heterocycles. The molecular formula is C12H14N2O. The molecule has 0 aliphatic carbocycles. The van der Waals surface area contributed by atoms with Crippen LogP contribution >= 0.6 is 0 Å². The molecule has 0 bridgehead atoms. The van der Waals surface area contributed by atoms with Crippen LogP contribution in [0.5, 0.6) is 0 Å². The maximum atomic E-state index is 5.37. The van der Waals surface area contributed by atoms with E-state index < -0.39 is 0 Å². The first-order valence-corrected chi connectivity index (χ1v) is 5.34. The van der Waals surface area contributed by atoms with E-state index >= 15 is 0 Å². The number of hydrogen-bond donors (Lipinski definition) is 1. The lowest BCUT2D eigenvalue weighted by Gasteiger charge is -2.29. The van der Waals surface area contributed by atoms with Gasteiger partial charge in [0.05, 0.1) is 13.2 Å². The van der Waals surface area contributed by atoms with Crippen LogP contribution in [-0.2, 0) is 4.74 Å². The second-order valence-corrected chi connectivity index (χ2v) is 3.82. The molecule has 1 N–H and O–H groups in total. The second kappa shape index (κ2) is 3.59. The summed E-state index contributed by atoms with van der Waals surface area (Å²) in [4.78, 5) is 5.63. The molecule has 3 nitrogen and oxygen atoms in total. The molecule has 0 spiro atoms. The molecule has 1 fully saturated rings. The van der Waals surface area contributed by atoms with Crippen molar-refractivity contribution in [1.29, 1.82) is 0 Å². The van der Waals surface area contributed by atoms with E-state index in [4.69, 9.17) is 4.74 Å². The van der Waals surface area contributed by atoms with Crippen molar-refractivity contribution < 1.29 is 4.74 Å². The van der Waals surface area contributed by atoms with Crippen LogP contribution in [0.15, 0.2) is 30.5 Å². The third-order valence-electron chi connectivity index (χ3n) is 2.92. The van der Waals surface area contributed by atoms with Crippen molar-refractivity contribution in [1.82, 2.24) is 4.98 Å². The lowest BCUT2D eigenvalue weighted by atomic mass is 10.2. The summed E-state index contributed by atoms with van der Waals surface area (Å²) in [7, 11) is 0. The summed E-state index contributed by atoms with van der Waals surface area (Å²) < 4.78 is 5.37. The van der Waals surface area contributed by atoms with Crippen molar-refractivity contribution in [3.63, 3.8) is 0 Å². The van der Waals surface area contributed by atoms with E-state index in [1.807, 2.05) is 6.20 Å². The monoisotopic (exact) mass is 202 g/mol. The maximum Gasteiger partial charge on any atom is 0.0642 e. The SMILES string of the molecule is c1cc(N2CCOCC2)c2cc[nH]c2c1. The first-order chi connectivity index (χ1) is 7.45. The number of hydrogen-bond acceptors (Lipinski definition) is 2. The van der Waals surface area contributed by atoms with Crippen molar-refractivity contribution in [2.45, 2.75) is 0 Å². The van der Waals surface area contributed by atoms with E-state index in [-0.39, 0.29) is 0 Å². The van der Waals surface area contributed by atoms with Crippen LogP contribution in [0.1, 0.15) is 0 Å². The number of anilines is 1. The standard InChI is InChI=1S/C12H14N2O/c1-2-11-10(4-5-13-11)12(3-1)14-6-8-15-9-7-14/h1-5,13H,6-9H2. The smallest absolute Gasteiger partial charge is 0.0642 e. The van der Waals surface area contributed by atoms with Gasteiger partial charge in [0.25, 0.3) is 0 Å². The molecule has 0 saturated carbocycles. The van der Waals surface area contributed by atoms with Crippen molar-refractivity contribution in [3.05, 3.63) is 30.5 Å². The Kier molecular flexibility index (Phi) is 2.10. The lowest BCUT2D eigenvalue weighted by Crippen LogP contribution is -2.36. The van der Waals surface area contributed by atoms with Gasteiger partial charge in [0, 0.05) is 35.9 Å². The zero-order chi connectivity index (χ0) is 10.1. The fourth-order valence-corrected chi connectivity index (χ4v) is 2.15. The molecule has 1 aliphatic rings. The van der Waals surface area contributed by atoms with E-state index in [0.717, 1.165) is 26.3 Å². The Balaban J connectivity index is 2.05. The molecule has 2 aromatic rings. The Labute approximate surface area is 88.6 Å². The second-order valence-electron chi connectivity index (χ2n) is 3.82. The van der Waals surface area contributed by atoms with Gasteiger partial charge >= 0.3 is 0 Å². The minimum absolute atomic E-state index is 0.834. The highest BCUT2D eigenvalue weighted by molar-refractivity contribution is 5.92. The number of rotatable bonds is 1. The Morgan fingerprint density at radius 1 is 1.13 bits per heavy atom. The minimum atomic E-state index is 0.834. The van der Waals surface area contributed by atoms with Crippen molar-refractivity contribution >= 4 is 16.6 Å². The molecule has 78 valence electrons. The number of nitrogens with zero attached hydrogens (tertiary/aromatic N) is 1. The fourth-order valence-electron chi connectivity index (χ4n) is 2.15. The molecule has 1 aromatic heterocycles. The van der Waals surface area contributed by atoms with Gasteiger partial charge in [-0.1, -0.05) is 6.07 Å². The Morgan fingerprint density at radius 3 is 2.87 bits per heavy atom. The molecule has 0 amide bonds. The zero-order valence-electron chi connectivity index (χ0n) is 8.57. The van der Waals surface area contributed by atoms with E-state index in [2.05, 4.69) is 34.1 Å². The van der Waals surface area contributed by atoms with E-state index in [1.54, 1.807) is 0 Å². The predicted octanol–water partition coefficient (Wildman–Crippen LogP) is 2.00. The van der Waals surface area contributed by atoms with Crippen LogP contribution in [0, 0.1) is 0 Å². The van der Waals surface area contributed by atoms with Gasteiger partial charge in [-0.15, -0.1) is 0 Å². The Morgan fingerprint density at radius 2 is 2.00 bits per heavy atom. The van der Waals surface area contributed by atoms with Gasteiger partial charge in [-0.25, -0.2) is 0 Å². The summed E-state index contributed by atoms with van der Waals surface area (Å²) in [5.41, 5.74) is 2.52. The van der Waals surface area contributed by atoms with Crippen LogP contribution in [0.25, 0.3) is 10.9 Å². The van der Waals surface area contributed by atoms with Gasteiger partial charge in [0.1, 0.15) is 0 Å². The lowest BCUT2D eigenvalue weighted by molar-refractivity contribution is 0.123. The summed E-state index contributed by atoms with van der Waals surface area (Å²) in [6.07, 6.45) is 1.99. The van der Waals surface area contributed by atoms with Crippen LogP contribution < -0.4 is 4.90 Å². The summed E-state index contributed by atoms with van der Waals surface area (Å²) in [5, 5.41) is 1.31. The van der Waals surface area contributed by atoms with Crippen molar-refractivity contribution in [2.75, 3.05) is 31.2 Å². The number of morpholine rings is 1. The molecule has 3 rings (SSSR count). The maximum absolute atomic E-state index is 5.37. The number of benzene rings is 1. The van der Waals surface area contributed by atoms with Crippen LogP contribution in [-0.4, -0.2) is 31.3 Å². The highest BCUT2D eigenvalue weighted by atomic mass is 16.5. The van der Waals surface area contributed by atoms with Gasteiger partial charge in [0.2, 0.25) is 0 Å². The summed E-state index contributed by atoms with van der Waals surface area (Å²) in [6, 6.07) is 8.53. The first kappa shape index (κ1) is 8.80. The zero-order valence-corrected chi connectivity index (χ0v) is 8.57. The summed E-state index contributed by atoms with van der Waals surface area (Å²) in [5.74, 6) is 0. The van der Waals surface area contributed by atoms with Gasteiger partial charge < -0.3 is 14.6 Å². The average Bonchev–Trinajstić information content (AvgIpc) is 2.78. The predicted molar refractivity (Wildman–Crippen MR) is 61.3 cm³/mol. The fraction of sp³-hybridized carbons (Fsp3) is 0.333. The van der Waals surface area contributed by atoms with Crippen LogP contribution in [0.2, 0.25) is 0 Å². The molecule has 0 atom stereocenters. The Hall–Kier alpha value is -1.48. The first-order valence-electron chi connectivity index (χ1n) is 5.34. The number of ether oxygens (including phenoxy) is 1. The van der Waals surface area contributed by atoms with Crippen LogP contribution in [0.4, 0.5) is 5.69 Å². The number of aromatic amines is 1. The molecule has 3 heteroatoms. The molecular weight excluding hydrogens is 188 g/mol. The summed E-state index contributed by atoms with van der Waals surface area (Å²) in [6.45, 7) is 3.65. The molecule has 1 aliphatic heterocycles. The largest absolute Gasteiger partial charge is 0.378 e. The quantitative estimate of drug-likeness (QED) is 0.766. The molecule has 1 aromatic carbocycles.